The maximum Gasteiger partial charge on any atom is 0.230 e. The van der Waals surface area contributed by atoms with E-state index in [1.165, 1.54) is 6.39 Å². The minimum Gasteiger partial charge on any atom is -0.444 e. The summed E-state index contributed by atoms with van der Waals surface area (Å²) in [4.78, 5) is 16.5. The second kappa shape index (κ2) is 5.72. The molecule has 110 valence electrons. The number of oxazole rings is 1. The molecule has 4 nitrogen and oxygen atoms in total. The van der Waals surface area contributed by atoms with Crippen molar-refractivity contribution in [1.82, 2.24) is 4.98 Å². The number of nitrogens with one attached hydrogen (secondary N) is 1. The number of anilines is 1. The van der Waals surface area contributed by atoms with Gasteiger partial charge in [-0.1, -0.05) is 31.9 Å². The summed E-state index contributed by atoms with van der Waals surface area (Å²) in [5.74, 6) is 0.856. The van der Waals surface area contributed by atoms with Gasteiger partial charge in [0, 0.05) is 16.7 Å². The summed E-state index contributed by atoms with van der Waals surface area (Å²) in [5, 5.41) is 3.08. The van der Waals surface area contributed by atoms with Gasteiger partial charge in [-0.25, -0.2) is 4.98 Å². The van der Waals surface area contributed by atoms with E-state index in [0.717, 1.165) is 43.4 Å². The van der Waals surface area contributed by atoms with Crippen molar-refractivity contribution < 1.29 is 9.21 Å². The molecule has 1 aromatic heterocycles. The number of aromatic nitrogens is 1. The minimum absolute atomic E-state index is 0.150. The molecule has 0 spiro atoms. The number of hydrogen-bond donors (Lipinski definition) is 1. The third-order valence-electron chi connectivity index (χ3n) is 4.56. The number of carbonyl (C=O) groups is 1. The summed E-state index contributed by atoms with van der Waals surface area (Å²) in [6, 6.07) is 7.70. The average Bonchev–Trinajstić information content (AvgIpc) is 3.20. The lowest BCUT2D eigenvalue weighted by Gasteiger charge is -2.26. The van der Waals surface area contributed by atoms with E-state index in [0.29, 0.717) is 5.76 Å². The lowest BCUT2D eigenvalue weighted by molar-refractivity contribution is -0.125. The Balaban J connectivity index is 1.79. The molecule has 0 saturated heterocycles. The standard InChI is InChI=1S/C17H20N2O2/c1-2-17(8-3-4-9-17)16(20)19-14-7-5-6-13(10-14)15-11-18-12-21-15/h5-7,10-12H,2-4,8-9H2,1H3,(H,19,20). The molecule has 1 aromatic carbocycles. The van der Waals surface area contributed by atoms with Crippen LogP contribution in [0, 0.1) is 5.41 Å². The number of hydrogen-bond acceptors (Lipinski definition) is 3. The fourth-order valence-electron chi connectivity index (χ4n) is 3.17. The molecule has 1 fully saturated rings. The van der Waals surface area contributed by atoms with Crippen LogP contribution in [-0.2, 0) is 4.79 Å². The van der Waals surface area contributed by atoms with Crippen molar-refractivity contribution in [2.45, 2.75) is 39.0 Å². The topological polar surface area (TPSA) is 55.1 Å². The molecule has 0 atom stereocenters. The highest BCUT2D eigenvalue weighted by molar-refractivity contribution is 5.96. The zero-order valence-corrected chi connectivity index (χ0v) is 12.3. The number of nitrogens with zero attached hydrogens (tertiary/aromatic N) is 1. The van der Waals surface area contributed by atoms with Crippen LogP contribution in [0.3, 0.4) is 0 Å². The Hall–Kier alpha value is -2.10. The molecule has 1 heterocycles. The summed E-state index contributed by atoms with van der Waals surface area (Å²) in [6.45, 7) is 2.11. The van der Waals surface area contributed by atoms with Crippen molar-refractivity contribution in [2.75, 3.05) is 5.32 Å². The highest BCUT2D eigenvalue weighted by Gasteiger charge is 2.39. The van der Waals surface area contributed by atoms with Gasteiger partial charge >= 0.3 is 0 Å². The number of rotatable bonds is 4. The maximum atomic E-state index is 12.6. The Kier molecular flexibility index (Phi) is 3.78. The second-order valence-electron chi connectivity index (χ2n) is 5.74. The first kappa shape index (κ1) is 13.9. The molecule has 21 heavy (non-hydrogen) atoms. The number of carbonyl (C=O) groups excluding carboxylic acids is 1. The van der Waals surface area contributed by atoms with Crippen LogP contribution in [0.25, 0.3) is 11.3 Å². The van der Waals surface area contributed by atoms with Gasteiger partial charge in [0.15, 0.2) is 12.2 Å². The quantitative estimate of drug-likeness (QED) is 0.913. The van der Waals surface area contributed by atoms with E-state index in [1.54, 1.807) is 6.20 Å². The van der Waals surface area contributed by atoms with Crippen molar-refractivity contribution in [3.63, 3.8) is 0 Å². The lowest BCUT2D eigenvalue weighted by Crippen LogP contribution is -2.33. The smallest absolute Gasteiger partial charge is 0.230 e. The summed E-state index contributed by atoms with van der Waals surface area (Å²) in [5.41, 5.74) is 1.55. The fourth-order valence-corrected chi connectivity index (χ4v) is 3.17. The van der Waals surface area contributed by atoms with Crippen LogP contribution in [0.2, 0.25) is 0 Å². The Labute approximate surface area is 124 Å². The van der Waals surface area contributed by atoms with Crippen LogP contribution in [-0.4, -0.2) is 10.9 Å². The molecule has 0 aliphatic heterocycles. The van der Waals surface area contributed by atoms with Gasteiger partial charge < -0.3 is 9.73 Å². The molecule has 2 aromatic rings. The monoisotopic (exact) mass is 284 g/mol. The van der Waals surface area contributed by atoms with Crippen LogP contribution >= 0.6 is 0 Å². The van der Waals surface area contributed by atoms with Crippen molar-refractivity contribution >= 4 is 11.6 Å². The Morgan fingerprint density at radius 1 is 1.38 bits per heavy atom. The van der Waals surface area contributed by atoms with Crippen LogP contribution in [0.4, 0.5) is 5.69 Å². The summed E-state index contributed by atoms with van der Waals surface area (Å²) < 4.78 is 5.30. The third kappa shape index (κ3) is 2.71. The third-order valence-corrected chi connectivity index (χ3v) is 4.56. The zero-order chi connectivity index (χ0) is 14.7. The van der Waals surface area contributed by atoms with Crippen LogP contribution in [0.15, 0.2) is 41.3 Å². The molecule has 1 saturated carbocycles. The highest BCUT2D eigenvalue weighted by atomic mass is 16.3. The predicted molar refractivity (Wildman–Crippen MR) is 81.8 cm³/mol. The average molecular weight is 284 g/mol. The van der Waals surface area contributed by atoms with E-state index < -0.39 is 0 Å². The van der Waals surface area contributed by atoms with Gasteiger partial charge in [-0.05, 0) is 31.4 Å². The molecule has 1 aliphatic carbocycles. The molecule has 1 aliphatic rings. The molecular formula is C17H20N2O2. The van der Waals surface area contributed by atoms with E-state index in [2.05, 4.69) is 17.2 Å². The van der Waals surface area contributed by atoms with E-state index in [9.17, 15) is 4.79 Å². The number of amides is 1. The largest absolute Gasteiger partial charge is 0.444 e. The van der Waals surface area contributed by atoms with Gasteiger partial charge in [0.05, 0.1) is 6.20 Å². The van der Waals surface area contributed by atoms with Gasteiger partial charge in [0.1, 0.15) is 0 Å². The molecule has 0 unspecified atom stereocenters. The van der Waals surface area contributed by atoms with Crippen LogP contribution in [0.1, 0.15) is 39.0 Å². The predicted octanol–water partition coefficient (Wildman–Crippen LogP) is 4.25. The molecule has 1 N–H and O–H groups in total. The van der Waals surface area contributed by atoms with Crippen molar-refractivity contribution in [3.8, 4) is 11.3 Å². The minimum atomic E-state index is -0.178. The molecule has 0 bridgehead atoms. The Bertz CT molecular complexity index is 613. The van der Waals surface area contributed by atoms with Gasteiger partial charge in [0.25, 0.3) is 0 Å². The molecular weight excluding hydrogens is 264 g/mol. The second-order valence-corrected chi connectivity index (χ2v) is 5.74. The zero-order valence-electron chi connectivity index (χ0n) is 12.3. The SMILES string of the molecule is CCC1(C(=O)Nc2cccc(-c3cnco3)c2)CCCC1. The van der Waals surface area contributed by atoms with Gasteiger partial charge in [-0.2, -0.15) is 0 Å². The fraction of sp³-hybridized carbons (Fsp3) is 0.412. The van der Waals surface area contributed by atoms with Gasteiger partial charge in [-0.3, -0.25) is 4.79 Å². The van der Waals surface area contributed by atoms with Crippen molar-refractivity contribution in [1.29, 1.82) is 0 Å². The summed E-state index contributed by atoms with van der Waals surface area (Å²) in [7, 11) is 0. The van der Waals surface area contributed by atoms with E-state index in [1.807, 2.05) is 24.3 Å². The van der Waals surface area contributed by atoms with E-state index >= 15 is 0 Å². The highest BCUT2D eigenvalue weighted by Crippen LogP contribution is 2.41. The first-order chi connectivity index (χ1) is 10.2. The Morgan fingerprint density at radius 3 is 2.86 bits per heavy atom. The molecule has 0 radical (unpaired) electrons. The summed E-state index contributed by atoms with van der Waals surface area (Å²) in [6.07, 6.45) is 8.28. The lowest BCUT2D eigenvalue weighted by atomic mass is 9.82. The van der Waals surface area contributed by atoms with Crippen LogP contribution in [0.5, 0.6) is 0 Å². The normalized spacial score (nSPS) is 16.8. The van der Waals surface area contributed by atoms with Crippen molar-refractivity contribution in [3.05, 3.63) is 36.9 Å². The molecule has 4 heteroatoms. The van der Waals surface area contributed by atoms with Crippen LogP contribution < -0.4 is 5.32 Å². The first-order valence-corrected chi connectivity index (χ1v) is 7.54. The van der Waals surface area contributed by atoms with Gasteiger partial charge in [-0.15, -0.1) is 0 Å². The molecule has 1 amide bonds. The number of benzene rings is 1. The van der Waals surface area contributed by atoms with Gasteiger partial charge in [0.2, 0.25) is 5.91 Å². The molecule has 3 rings (SSSR count). The summed E-state index contributed by atoms with van der Waals surface area (Å²) >= 11 is 0. The van der Waals surface area contributed by atoms with Crippen molar-refractivity contribution in [2.24, 2.45) is 5.41 Å². The first-order valence-electron chi connectivity index (χ1n) is 7.54. The Morgan fingerprint density at radius 2 is 2.19 bits per heavy atom. The maximum absolute atomic E-state index is 12.6. The van der Waals surface area contributed by atoms with E-state index in [4.69, 9.17) is 4.42 Å². The van der Waals surface area contributed by atoms with E-state index in [-0.39, 0.29) is 11.3 Å².